The van der Waals surface area contributed by atoms with Crippen molar-refractivity contribution in [3.63, 3.8) is 0 Å². The van der Waals surface area contributed by atoms with Gasteiger partial charge in [-0.15, -0.1) is 11.3 Å². The van der Waals surface area contributed by atoms with E-state index in [9.17, 15) is 4.79 Å². The number of benzene rings is 1. The van der Waals surface area contributed by atoms with Gasteiger partial charge in [-0.3, -0.25) is 9.36 Å². The molecule has 0 fully saturated rings. The van der Waals surface area contributed by atoms with Gasteiger partial charge in [-0.25, -0.2) is 4.98 Å². The highest BCUT2D eigenvalue weighted by Gasteiger charge is 2.11. The van der Waals surface area contributed by atoms with Crippen molar-refractivity contribution in [2.24, 2.45) is 7.05 Å². The van der Waals surface area contributed by atoms with Crippen LogP contribution >= 0.6 is 23.1 Å². The molecule has 2 heterocycles. The first-order valence-electron chi connectivity index (χ1n) is 6.98. The van der Waals surface area contributed by atoms with E-state index in [2.05, 4.69) is 4.98 Å². The van der Waals surface area contributed by atoms with Crippen LogP contribution in [0.3, 0.4) is 0 Å². The zero-order valence-corrected chi connectivity index (χ0v) is 14.0. The average Bonchev–Trinajstić information content (AvgIpc) is 2.99. The zero-order valence-electron chi connectivity index (χ0n) is 12.4. The van der Waals surface area contributed by atoms with Crippen LogP contribution in [0.1, 0.15) is 12.5 Å². The molecule has 22 heavy (non-hydrogen) atoms. The van der Waals surface area contributed by atoms with Gasteiger partial charge in [-0.05, 0) is 24.4 Å². The van der Waals surface area contributed by atoms with Crippen molar-refractivity contribution < 1.29 is 4.74 Å². The van der Waals surface area contributed by atoms with Crippen LogP contribution in [0, 0.1) is 0 Å². The van der Waals surface area contributed by atoms with Crippen LogP contribution in [0.5, 0.6) is 5.75 Å². The number of hydrogen-bond acceptors (Lipinski definition) is 5. The summed E-state index contributed by atoms with van der Waals surface area (Å²) in [7, 11) is 1.77. The van der Waals surface area contributed by atoms with Crippen molar-refractivity contribution >= 4 is 33.3 Å². The molecule has 0 aliphatic heterocycles. The summed E-state index contributed by atoms with van der Waals surface area (Å²) in [6.45, 7) is 2.61. The lowest BCUT2D eigenvalue weighted by molar-refractivity contribution is 0.337. The molecule has 0 aliphatic rings. The molecule has 0 amide bonds. The lowest BCUT2D eigenvalue weighted by Gasteiger charge is -2.10. The molecule has 0 bridgehead atoms. The summed E-state index contributed by atoms with van der Waals surface area (Å²) < 4.78 is 7.25. The fourth-order valence-electron chi connectivity index (χ4n) is 2.17. The van der Waals surface area contributed by atoms with Gasteiger partial charge < -0.3 is 4.74 Å². The molecule has 4 nitrogen and oxygen atoms in total. The monoisotopic (exact) mass is 332 g/mol. The van der Waals surface area contributed by atoms with E-state index in [1.165, 1.54) is 11.3 Å². The Bertz CT molecular complexity index is 855. The summed E-state index contributed by atoms with van der Waals surface area (Å²) in [4.78, 5) is 17.7. The SMILES string of the molecule is CCOc1ccccc1CSc1nc2sccc2c(=O)n1C. The first kappa shape index (κ1) is 15.1. The van der Waals surface area contributed by atoms with Gasteiger partial charge in [-0.1, -0.05) is 30.0 Å². The number of ether oxygens (including phenoxy) is 1. The molecule has 0 unspecified atom stereocenters. The third kappa shape index (κ3) is 2.89. The fourth-order valence-corrected chi connectivity index (χ4v) is 3.94. The molecule has 1 aromatic carbocycles. The number of nitrogens with zero attached hydrogens (tertiary/aromatic N) is 2. The lowest BCUT2D eigenvalue weighted by Crippen LogP contribution is -2.19. The molecular weight excluding hydrogens is 316 g/mol. The van der Waals surface area contributed by atoms with Gasteiger partial charge in [-0.2, -0.15) is 0 Å². The summed E-state index contributed by atoms with van der Waals surface area (Å²) in [5.74, 6) is 1.60. The number of fused-ring (bicyclic) bond motifs is 1. The minimum atomic E-state index is 0.00634. The molecule has 2 aromatic heterocycles. The van der Waals surface area contributed by atoms with E-state index < -0.39 is 0 Å². The van der Waals surface area contributed by atoms with Gasteiger partial charge in [0.25, 0.3) is 5.56 Å². The topological polar surface area (TPSA) is 44.1 Å². The highest BCUT2D eigenvalue weighted by atomic mass is 32.2. The van der Waals surface area contributed by atoms with Crippen molar-refractivity contribution in [1.29, 1.82) is 0 Å². The van der Waals surface area contributed by atoms with Crippen LogP contribution in [0.4, 0.5) is 0 Å². The van der Waals surface area contributed by atoms with Crippen LogP contribution in [0.2, 0.25) is 0 Å². The zero-order chi connectivity index (χ0) is 15.5. The second-order valence-corrected chi connectivity index (χ2v) is 6.56. The Morgan fingerprint density at radius 2 is 2.14 bits per heavy atom. The third-order valence-electron chi connectivity index (χ3n) is 3.29. The van der Waals surface area contributed by atoms with Gasteiger partial charge in [0, 0.05) is 18.4 Å². The minimum Gasteiger partial charge on any atom is -0.494 e. The molecule has 0 spiro atoms. The van der Waals surface area contributed by atoms with Crippen molar-refractivity contribution in [3.8, 4) is 5.75 Å². The minimum absolute atomic E-state index is 0.00634. The van der Waals surface area contributed by atoms with Gasteiger partial charge >= 0.3 is 0 Å². The largest absolute Gasteiger partial charge is 0.494 e. The molecule has 0 saturated carbocycles. The van der Waals surface area contributed by atoms with E-state index in [-0.39, 0.29) is 5.56 Å². The van der Waals surface area contributed by atoms with Crippen molar-refractivity contribution in [2.45, 2.75) is 17.8 Å². The summed E-state index contributed by atoms with van der Waals surface area (Å²) in [5, 5.41) is 3.32. The van der Waals surface area contributed by atoms with Gasteiger partial charge in [0.05, 0.1) is 12.0 Å². The van der Waals surface area contributed by atoms with E-state index >= 15 is 0 Å². The first-order valence-corrected chi connectivity index (χ1v) is 8.85. The maximum Gasteiger partial charge on any atom is 0.262 e. The van der Waals surface area contributed by atoms with Crippen LogP contribution in [-0.4, -0.2) is 16.2 Å². The van der Waals surface area contributed by atoms with E-state index in [0.29, 0.717) is 17.7 Å². The van der Waals surface area contributed by atoms with Crippen LogP contribution in [0.15, 0.2) is 45.7 Å². The second kappa shape index (κ2) is 6.54. The Morgan fingerprint density at radius 1 is 1.32 bits per heavy atom. The van der Waals surface area contributed by atoms with Gasteiger partial charge in [0.15, 0.2) is 5.16 Å². The van der Waals surface area contributed by atoms with Crippen molar-refractivity contribution in [1.82, 2.24) is 9.55 Å². The normalized spacial score (nSPS) is 11.0. The first-order chi connectivity index (χ1) is 10.7. The molecule has 3 aromatic rings. The molecule has 3 rings (SSSR count). The Labute approximate surface area is 136 Å². The number of thiophene rings is 1. The van der Waals surface area contributed by atoms with E-state index in [1.807, 2.05) is 42.6 Å². The Balaban J connectivity index is 1.88. The van der Waals surface area contributed by atoms with E-state index in [1.54, 1.807) is 23.4 Å². The highest BCUT2D eigenvalue weighted by Crippen LogP contribution is 2.27. The maximum atomic E-state index is 12.3. The van der Waals surface area contributed by atoms with E-state index in [4.69, 9.17) is 4.74 Å². The maximum absolute atomic E-state index is 12.3. The summed E-state index contributed by atoms with van der Waals surface area (Å²) >= 11 is 3.05. The highest BCUT2D eigenvalue weighted by molar-refractivity contribution is 7.98. The predicted octanol–water partition coefficient (Wildman–Crippen LogP) is 3.69. The Kier molecular flexibility index (Phi) is 4.49. The van der Waals surface area contributed by atoms with Crippen LogP contribution in [-0.2, 0) is 12.8 Å². The van der Waals surface area contributed by atoms with Crippen LogP contribution < -0.4 is 10.3 Å². The fraction of sp³-hybridized carbons (Fsp3) is 0.250. The average molecular weight is 332 g/mol. The quantitative estimate of drug-likeness (QED) is 0.528. The number of rotatable bonds is 5. The second-order valence-electron chi connectivity index (χ2n) is 4.73. The van der Waals surface area contributed by atoms with Crippen LogP contribution in [0.25, 0.3) is 10.2 Å². The molecular formula is C16H16N2O2S2. The molecule has 0 aliphatic carbocycles. The number of para-hydroxylation sites is 1. The van der Waals surface area contributed by atoms with Gasteiger partial charge in [0.2, 0.25) is 0 Å². The van der Waals surface area contributed by atoms with Crippen molar-refractivity contribution in [3.05, 3.63) is 51.6 Å². The Hall–Kier alpha value is -1.79. The number of aromatic nitrogens is 2. The summed E-state index contributed by atoms with van der Waals surface area (Å²) in [5.41, 5.74) is 1.11. The molecule has 0 saturated heterocycles. The Morgan fingerprint density at radius 3 is 2.95 bits per heavy atom. The molecule has 0 radical (unpaired) electrons. The van der Waals surface area contributed by atoms with E-state index in [0.717, 1.165) is 21.3 Å². The number of thioether (sulfide) groups is 1. The smallest absolute Gasteiger partial charge is 0.262 e. The predicted molar refractivity (Wildman–Crippen MR) is 92.0 cm³/mol. The number of hydrogen-bond donors (Lipinski definition) is 0. The summed E-state index contributed by atoms with van der Waals surface area (Å²) in [6, 6.07) is 9.79. The third-order valence-corrected chi connectivity index (χ3v) is 5.18. The standard InChI is InChI=1S/C16H16N2O2S2/c1-3-20-13-7-5-4-6-11(13)10-22-16-17-14-12(8-9-21-14)15(19)18(16)2/h4-9H,3,10H2,1-2H3. The summed E-state index contributed by atoms with van der Waals surface area (Å²) in [6.07, 6.45) is 0. The molecule has 0 atom stereocenters. The molecule has 0 N–H and O–H groups in total. The lowest BCUT2D eigenvalue weighted by atomic mass is 10.2. The molecule has 6 heteroatoms. The molecule has 114 valence electrons. The van der Waals surface area contributed by atoms with Gasteiger partial charge in [0.1, 0.15) is 10.6 Å². The van der Waals surface area contributed by atoms with Crippen molar-refractivity contribution in [2.75, 3.05) is 6.61 Å².